The number of carbonyl (C=O) groups is 3. The third-order valence-electron chi connectivity index (χ3n) is 7.01. The number of carbonyl (C=O) groups excluding carboxylic acids is 2. The molecule has 10 nitrogen and oxygen atoms in total. The lowest BCUT2D eigenvalue weighted by Gasteiger charge is -2.45. The van der Waals surface area contributed by atoms with Crippen molar-refractivity contribution in [2.24, 2.45) is 0 Å². The number of hydrogen-bond acceptors (Lipinski definition) is 7. The fourth-order valence-electron chi connectivity index (χ4n) is 4.90. The molecule has 3 rings (SSSR count). The van der Waals surface area contributed by atoms with Crippen molar-refractivity contribution in [1.82, 2.24) is 20.0 Å². The number of hydrogen-bond donors (Lipinski definition) is 2. The first-order valence-electron chi connectivity index (χ1n) is 15.6. The van der Waals surface area contributed by atoms with E-state index in [1.807, 2.05) is 57.4 Å². The number of benzene rings is 1. The minimum Gasteiger partial charge on any atom is -0.481 e. The first kappa shape index (κ1) is 41.1. The van der Waals surface area contributed by atoms with Crippen LogP contribution in [0.4, 0.5) is 9.59 Å². The number of carboxylic acids is 1. The maximum atomic E-state index is 12.5. The normalized spacial score (nSPS) is 22.2. The molecule has 2 aliphatic rings. The summed E-state index contributed by atoms with van der Waals surface area (Å²) in [7, 11) is 0. The zero-order valence-electron chi connectivity index (χ0n) is 28.5. The summed E-state index contributed by atoms with van der Waals surface area (Å²) in [6, 6.07) is 11.7. The van der Waals surface area contributed by atoms with Crippen LogP contribution in [0.5, 0.6) is 0 Å². The highest BCUT2D eigenvalue weighted by Gasteiger charge is 2.36. The highest BCUT2D eigenvalue weighted by Crippen LogP contribution is 2.22. The quantitative estimate of drug-likeness (QED) is 0.385. The number of nitrogens with one attached hydrogen (secondary N) is 1. The van der Waals surface area contributed by atoms with Crippen LogP contribution in [0, 0.1) is 0 Å². The molecular weight excluding hydrogens is 560 g/mol. The highest BCUT2D eigenvalue weighted by molar-refractivity contribution is 5.69. The van der Waals surface area contributed by atoms with Crippen molar-refractivity contribution < 1.29 is 29.0 Å². The molecular formula is C34H62N4O6. The average molecular weight is 623 g/mol. The minimum absolute atomic E-state index is 0. The Kier molecular flexibility index (Phi) is 17.6. The standard InChI is InChI=1S/C19H30N2O2.C12H24N2O2.C2H4O2.CH4/c1-6-17-14-20(13-16-10-8-7-9-11-16)15(2)12-21(17)18(22)23-19(3,4)5;1-6-10-7-13-9(2)8-14(10)11(15)16-12(3,4)5;1-2(3)4;/h7-11,15,17H,6,12-14H2,1-5H3;9-10,13H,6-8H2,1-5H3;1H3,(H,3,4);1H4/t15-,17+;9-,10+;;/m11../s1. The van der Waals surface area contributed by atoms with Gasteiger partial charge < -0.3 is 29.7 Å². The molecule has 0 radical (unpaired) electrons. The Hall–Kier alpha value is -2.85. The predicted octanol–water partition coefficient (Wildman–Crippen LogP) is 6.63. The Bertz CT molecular complexity index is 988. The van der Waals surface area contributed by atoms with E-state index in [0.717, 1.165) is 52.5 Å². The van der Waals surface area contributed by atoms with E-state index in [1.165, 1.54) is 5.56 Å². The molecule has 2 amide bonds. The molecule has 1 aromatic carbocycles. The minimum atomic E-state index is -0.833. The first-order valence-corrected chi connectivity index (χ1v) is 15.6. The van der Waals surface area contributed by atoms with Gasteiger partial charge in [-0.1, -0.05) is 51.6 Å². The SMILES string of the molecule is C.CC(=O)O.CC[C@H]1CN(Cc2ccccc2)[C@H](C)CN1C(=O)OC(C)(C)C.CC[C@H]1CN[C@H](C)CN1C(=O)OC(C)(C)C. The summed E-state index contributed by atoms with van der Waals surface area (Å²) in [6.07, 6.45) is 1.53. The summed E-state index contributed by atoms with van der Waals surface area (Å²) < 4.78 is 11.0. The molecule has 0 saturated carbocycles. The van der Waals surface area contributed by atoms with Gasteiger partial charge in [0.15, 0.2) is 0 Å². The number of ether oxygens (including phenoxy) is 2. The van der Waals surface area contributed by atoms with Crippen molar-refractivity contribution in [2.45, 2.75) is 138 Å². The second-order valence-electron chi connectivity index (χ2n) is 13.5. The van der Waals surface area contributed by atoms with Crippen LogP contribution in [-0.4, -0.2) is 99.5 Å². The third-order valence-corrected chi connectivity index (χ3v) is 7.01. The molecule has 0 aliphatic carbocycles. The maximum Gasteiger partial charge on any atom is 0.410 e. The van der Waals surface area contributed by atoms with Gasteiger partial charge in [-0.3, -0.25) is 9.69 Å². The van der Waals surface area contributed by atoms with E-state index in [0.29, 0.717) is 12.1 Å². The van der Waals surface area contributed by atoms with Crippen molar-refractivity contribution in [3.8, 4) is 0 Å². The highest BCUT2D eigenvalue weighted by atomic mass is 16.6. The fraction of sp³-hybridized carbons (Fsp3) is 0.735. The van der Waals surface area contributed by atoms with Crippen LogP contribution in [-0.2, 0) is 20.8 Å². The maximum absolute atomic E-state index is 12.5. The second-order valence-corrected chi connectivity index (χ2v) is 13.5. The lowest BCUT2D eigenvalue weighted by atomic mass is 10.0. The van der Waals surface area contributed by atoms with Crippen molar-refractivity contribution >= 4 is 18.2 Å². The van der Waals surface area contributed by atoms with Gasteiger partial charge in [0.1, 0.15) is 11.2 Å². The van der Waals surface area contributed by atoms with E-state index >= 15 is 0 Å². The largest absolute Gasteiger partial charge is 0.481 e. The Balaban J connectivity index is 0.000000769. The van der Waals surface area contributed by atoms with Crippen molar-refractivity contribution in [3.05, 3.63) is 35.9 Å². The van der Waals surface area contributed by atoms with Crippen molar-refractivity contribution in [2.75, 3.05) is 26.2 Å². The average Bonchev–Trinajstić information content (AvgIpc) is 2.88. The number of carboxylic acid groups (broad SMARTS) is 1. The zero-order valence-corrected chi connectivity index (χ0v) is 28.5. The van der Waals surface area contributed by atoms with Gasteiger partial charge in [0, 0.05) is 63.8 Å². The third kappa shape index (κ3) is 15.7. The molecule has 0 unspecified atom stereocenters. The van der Waals surface area contributed by atoms with Crippen molar-refractivity contribution in [1.29, 1.82) is 0 Å². The lowest BCUT2D eigenvalue weighted by molar-refractivity contribution is -0.134. The van der Waals surface area contributed by atoms with E-state index < -0.39 is 17.2 Å². The molecule has 2 aliphatic heterocycles. The Labute approximate surface area is 267 Å². The molecule has 1 aromatic rings. The van der Waals surface area contributed by atoms with Gasteiger partial charge in [0.25, 0.3) is 5.97 Å². The van der Waals surface area contributed by atoms with Gasteiger partial charge in [0.05, 0.1) is 0 Å². The number of amides is 2. The van der Waals surface area contributed by atoms with Crippen molar-refractivity contribution in [3.63, 3.8) is 0 Å². The number of aliphatic carboxylic acids is 1. The summed E-state index contributed by atoms with van der Waals surface area (Å²) in [4.78, 5) is 39.7. The number of piperazine rings is 2. The zero-order chi connectivity index (χ0) is 33.0. The molecule has 10 heteroatoms. The molecule has 2 heterocycles. The van der Waals surface area contributed by atoms with Gasteiger partial charge in [-0.25, -0.2) is 9.59 Å². The van der Waals surface area contributed by atoms with Crippen LogP contribution in [0.15, 0.2) is 30.3 Å². The first-order chi connectivity index (χ1) is 19.9. The van der Waals surface area contributed by atoms with Gasteiger partial charge in [-0.05, 0) is 73.8 Å². The number of rotatable bonds is 4. The predicted molar refractivity (Wildman–Crippen MR) is 178 cm³/mol. The molecule has 0 bridgehead atoms. The van der Waals surface area contributed by atoms with Crippen LogP contribution >= 0.6 is 0 Å². The molecule has 4 atom stereocenters. The van der Waals surface area contributed by atoms with Gasteiger partial charge in [0.2, 0.25) is 0 Å². The Morgan fingerprint density at radius 2 is 1.30 bits per heavy atom. The van der Waals surface area contributed by atoms with E-state index in [9.17, 15) is 9.59 Å². The van der Waals surface area contributed by atoms with Gasteiger partial charge >= 0.3 is 12.2 Å². The second kappa shape index (κ2) is 18.8. The summed E-state index contributed by atoms with van der Waals surface area (Å²) in [5, 5.41) is 10.8. The lowest BCUT2D eigenvalue weighted by Crippen LogP contribution is -2.59. The summed E-state index contributed by atoms with van der Waals surface area (Å²) in [5.41, 5.74) is 0.462. The molecule has 44 heavy (non-hydrogen) atoms. The summed E-state index contributed by atoms with van der Waals surface area (Å²) in [5.74, 6) is -0.833. The van der Waals surface area contributed by atoms with E-state index in [-0.39, 0.29) is 31.7 Å². The van der Waals surface area contributed by atoms with Crippen LogP contribution in [0.1, 0.15) is 102 Å². The molecule has 2 fully saturated rings. The van der Waals surface area contributed by atoms with Crippen LogP contribution < -0.4 is 5.32 Å². The molecule has 254 valence electrons. The molecule has 2 N–H and O–H groups in total. The Morgan fingerprint density at radius 1 is 0.841 bits per heavy atom. The van der Waals surface area contributed by atoms with E-state index in [2.05, 4.69) is 62.2 Å². The van der Waals surface area contributed by atoms with E-state index in [4.69, 9.17) is 19.4 Å². The van der Waals surface area contributed by atoms with Gasteiger partial charge in [-0.2, -0.15) is 0 Å². The summed E-state index contributed by atoms with van der Waals surface area (Å²) in [6.45, 7) is 25.2. The fourth-order valence-corrected chi connectivity index (χ4v) is 4.90. The molecule has 0 aromatic heterocycles. The summed E-state index contributed by atoms with van der Waals surface area (Å²) >= 11 is 0. The number of nitrogens with zero attached hydrogens (tertiary/aromatic N) is 3. The topological polar surface area (TPSA) is 112 Å². The van der Waals surface area contributed by atoms with Crippen LogP contribution in [0.3, 0.4) is 0 Å². The monoisotopic (exact) mass is 622 g/mol. The smallest absolute Gasteiger partial charge is 0.410 e. The Morgan fingerprint density at radius 3 is 1.73 bits per heavy atom. The van der Waals surface area contributed by atoms with E-state index in [1.54, 1.807) is 0 Å². The van der Waals surface area contributed by atoms with Crippen LogP contribution in [0.2, 0.25) is 0 Å². The van der Waals surface area contributed by atoms with Gasteiger partial charge in [-0.15, -0.1) is 0 Å². The van der Waals surface area contributed by atoms with Crippen LogP contribution in [0.25, 0.3) is 0 Å². The molecule has 2 saturated heterocycles. The molecule has 0 spiro atoms.